The van der Waals surface area contributed by atoms with E-state index in [1.165, 1.54) is 17.4 Å². The molecule has 1 aromatic heterocycles. The number of nitrogens with two attached hydrogens (primary N) is 1. The normalized spacial score (nSPS) is 11.3. The Hall–Kier alpha value is -2.13. The highest BCUT2D eigenvalue weighted by Gasteiger charge is 2.28. The number of rotatable bonds is 7. The van der Waals surface area contributed by atoms with Gasteiger partial charge < -0.3 is 15.8 Å². The molecule has 0 unspecified atom stereocenters. The number of thiazole rings is 1. The van der Waals surface area contributed by atoms with Gasteiger partial charge in [0.05, 0.1) is 5.01 Å². The van der Waals surface area contributed by atoms with Gasteiger partial charge in [0, 0.05) is 23.9 Å². The van der Waals surface area contributed by atoms with E-state index < -0.39 is 18.7 Å². The number of aromatic nitrogens is 1. The van der Waals surface area contributed by atoms with Gasteiger partial charge in [0.15, 0.2) is 6.61 Å². The van der Waals surface area contributed by atoms with Crippen LogP contribution in [0.1, 0.15) is 21.1 Å². The Morgan fingerprint density at radius 2 is 2.08 bits per heavy atom. The summed E-state index contributed by atoms with van der Waals surface area (Å²) in [6.07, 6.45) is -3.83. The van der Waals surface area contributed by atoms with Crippen LogP contribution in [0.2, 0.25) is 0 Å². The lowest BCUT2D eigenvalue weighted by molar-refractivity contribution is -0.153. The third-order valence-electron chi connectivity index (χ3n) is 2.95. The number of halogens is 3. The van der Waals surface area contributed by atoms with Crippen LogP contribution in [0.5, 0.6) is 5.75 Å². The van der Waals surface area contributed by atoms with Crippen molar-refractivity contribution in [1.82, 2.24) is 10.3 Å². The molecule has 0 radical (unpaired) electrons. The number of nitrogens with zero attached hydrogens (tertiary/aromatic N) is 1. The van der Waals surface area contributed by atoms with Crippen molar-refractivity contribution in [3.63, 3.8) is 0 Å². The molecule has 0 aliphatic rings. The van der Waals surface area contributed by atoms with E-state index in [2.05, 4.69) is 10.3 Å². The van der Waals surface area contributed by atoms with Crippen LogP contribution < -0.4 is 15.8 Å². The number of carbonyl (C=O) groups is 1. The van der Waals surface area contributed by atoms with Crippen molar-refractivity contribution in [2.45, 2.75) is 19.1 Å². The Labute approximate surface area is 140 Å². The van der Waals surface area contributed by atoms with Crippen molar-refractivity contribution < 1.29 is 22.7 Å². The zero-order valence-electron chi connectivity index (χ0n) is 12.6. The standard InChI is InChI=1S/C15H16F3N3O2S/c16-15(17,18)9-23-12-4-2-1-3-10(12)7-20-14(22)11-8-24-13(21-11)5-6-19/h1-4,8H,5-7,9,19H2,(H,20,22). The van der Waals surface area contributed by atoms with E-state index in [9.17, 15) is 18.0 Å². The Balaban J connectivity index is 1.96. The van der Waals surface area contributed by atoms with Crippen LogP contribution in [0, 0.1) is 0 Å². The Morgan fingerprint density at radius 1 is 1.33 bits per heavy atom. The van der Waals surface area contributed by atoms with Crippen molar-refractivity contribution in [2.24, 2.45) is 5.73 Å². The molecule has 9 heteroatoms. The van der Waals surface area contributed by atoms with Crippen molar-refractivity contribution >= 4 is 17.2 Å². The first-order chi connectivity index (χ1) is 11.4. The Morgan fingerprint density at radius 3 is 2.79 bits per heavy atom. The largest absolute Gasteiger partial charge is 0.484 e. The van der Waals surface area contributed by atoms with Gasteiger partial charge in [-0.1, -0.05) is 18.2 Å². The minimum Gasteiger partial charge on any atom is -0.484 e. The maximum Gasteiger partial charge on any atom is 0.422 e. The molecule has 3 N–H and O–H groups in total. The maximum absolute atomic E-state index is 12.3. The SMILES string of the molecule is NCCc1nc(C(=O)NCc2ccccc2OCC(F)(F)F)cs1. The molecule has 0 atom stereocenters. The third kappa shape index (κ3) is 5.50. The number of carbonyl (C=O) groups excluding carboxylic acids is 1. The number of hydrogen-bond donors (Lipinski definition) is 2. The third-order valence-corrected chi connectivity index (χ3v) is 3.85. The lowest BCUT2D eigenvalue weighted by atomic mass is 10.2. The van der Waals surface area contributed by atoms with E-state index >= 15 is 0 Å². The first kappa shape index (κ1) is 18.2. The van der Waals surface area contributed by atoms with Gasteiger partial charge in [0.2, 0.25) is 0 Å². The molecule has 0 saturated carbocycles. The monoisotopic (exact) mass is 359 g/mol. The zero-order valence-corrected chi connectivity index (χ0v) is 13.4. The van der Waals surface area contributed by atoms with Crippen LogP contribution in [0.25, 0.3) is 0 Å². The number of amides is 1. The Kier molecular flexibility index (Phi) is 6.16. The fourth-order valence-corrected chi connectivity index (χ4v) is 2.66. The summed E-state index contributed by atoms with van der Waals surface area (Å²) in [6.45, 7) is -0.901. The second-order valence-corrected chi connectivity index (χ2v) is 5.80. The van der Waals surface area contributed by atoms with Crippen LogP contribution in [0.15, 0.2) is 29.6 Å². The van der Waals surface area contributed by atoms with Gasteiger partial charge in [-0.15, -0.1) is 11.3 Å². The molecular weight excluding hydrogens is 343 g/mol. The highest BCUT2D eigenvalue weighted by molar-refractivity contribution is 7.09. The second-order valence-electron chi connectivity index (χ2n) is 4.86. The van der Waals surface area contributed by atoms with E-state index in [-0.39, 0.29) is 18.0 Å². The maximum atomic E-state index is 12.3. The quantitative estimate of drug-likeness (QED) is 0.796. The first-order valence-electron chi connectivity index (χ1n) is 7.09. The average Bonchev–Trinajstić information content (AvgIpc) is 3.00. The molecule has 2 aromatic rings. The molecule has 5 nitrogen and oxygen atoms in total. The van der Waals surface area contributed by atoms with Crippen molar-refractivity contribution in [1.29, 1.82) is 0 Å². The summed E-state index contributed by atoms with van der Waals surface area (Å²) in [5.41, 5.74) is 6.14. The van der Waals surface area contributed by atoms with Gasteiger partial charge >= 0.3 is 6.18 Å². The molecular formula is C15H16F3N3O2S. The minimum absolute atomic E-state index is 0.0383. The van der Waals surface area contributed by atoms with Crippen LogP contribution >= 0.6 is 11.3 Å². The number of para-hydroxylation sites is 1. The number of ether oxygens (including phenoxy) is 1. The van der Waals surface area contributed by atoms with E-state index in [0.29, 0.717) is 18.5 Å². The number of benzene rings is 1. The molecule has 0 saturated heterocycles. The fourth-order valence-electron chi connectivity index (χ4n) is 1.87. The first-order valence-corrected chi connectivity index (χ1v) is 7.97. The highest BCUT2D eigenvalue weighted by atomic mass is 32.1. The van der Waals surface area contributed by atoms with Gasteiger partial charge in [-0.25, -0.2) is 4.98 Å². The molecule has 0 fully saturated rings. The van der Waals surface area contributed by atoms with Gasteiger partial charge in [0.25, 0.3) is 5.91 Å². The molecule has 1 amide bonds. The van der Waals surface area contributed by atoms with E-state index in [4.69, 9.17) is 10.5 Å². The summed E-state index contributed by atoms with van der Waals surface area (Å²) < 4.78 is 41.6. The second kappa shape index (κ2) is 8.11. The van der Waals surface area contributed by atoms with Gasteiger partial charge in [-0.05, 0) is 12.6 Å². The molecule has 0 bridgehead atoms. The van der Waals surface area contributed by atoms with Crippen LogP contribution in [0.4, 0.5) is 13.2 Å². The lowest BCUT2D eigenvalue weighted by Gasteiger charge is -2.13. The lowest BCUT2D eigenvalue weighted by Crippen LogP contribution is -2.24. The molecule has 0 aliphatic heterocycles. The van der Waals surface area contributed by atoms with Crippen LogP contribution in [0.3, 0.4) is 0 Å². The van der Waals surface area contributed by atoms with Crippen LogP contribution in [-0.4, -0.2) is 30.2 Å². The van der Waals surface area contributed by atoms with Crippen molar-refractivity contribution in [3.8, 4) is 5.75 Å². The molecule has 1 aromatic carbocycles. The minimum atomic E-state index is -4.42. The topological polar surface area (TPSA) is 77.2 Å². The predicted octanol–water partition coefficient (Wildman–Crippen LogP) is 2.52. The number of alkyl halides is 3. The van der Waals surface area contributed by atoms with Gasteiger partial charge in [0.1, 0.15) is 11.4 Å². The summed E-state index contributed by atoms with van der Waals surface area (Å²) in [5.74, 6) is -0.322. The molecule has 130 valence electrons. The van der Waals surface area contributed by atoms with Crippen LogP contribution in [-0.2, 0) is 13.0 Å². The average molecular weight is 359 g/mol. The Bertz CT molecular complexity index is 689. The van der Waals surface area contributed by atoms with E-state index in [1.54, 1.807) is 23.6 Å². The summed E-state index contributed by atoms with van der Waals surface area (Å²) >= 11 is 1.34. The van der Waals surface area contributed by atoms with Crippen molar-refractivity contribution in [2.75, 3.05) is 13.2 Å². The van der Waals surface area contributed by atoms with Gasteiger partial charge in [-0.3, -0.25) is 4.79 Å². The smallest absolute Gasteiger partial charge is 0.422 e. The van der Waals surface area contributed by atoms with E-state index in [1.807, 2.05) is 0 Å². The molecule has 2 rings (SSSR count). The number of nitrogens with one attached hydrogen (secondary N) is 1. The highest BCUT2D eigenvalue weighted by Crippen LogP contribution is 2.22. The molecule has 1 heterocycles. The van der Waals surface area contributed by atoms with Gasteiger partial charge in [-0.2, -0.15) is 13.2 Å². The molecule has 0 aliphatic carbocycles. The molecule has 0 spiro atoms. The summed E-state index contributed by atoms with van der Waals surface area (Å²) in [6, 6.07) is 6.24. The zero-order chi connectivity index (χ0) is 17.6. The fraction of sp³-hybridized carbons (Fsp3) is 0.333. The molecule has 24 heavy (non-hydrogen) atoms. The predicted molar refractivity (Wildman–Crippen MR) is 84.0 cm³/mol. The number of hydrogen-bond acceptors (Lipinski definition) is 5. The van der Waals surface area contributed by atoms with E-state index in [0.717, 1.165) is 5.01 Å². The summed E-state index contributed by atoms with van der Waals surface area (Å²) in [5, 5.41) is 5.00. The summed E-state index contributed by atoms with van der Waals surface area (Å²) in [7, 11) is 0. The van der Waals surface area contributed by atoms with Crippen molar-refractivity contribution in [3.05, 3.63) is 45.9 Å². The summed E-state index contributed by atoms with van der Waals surface area (Å²) in [4.78, 5) is 16.2.